The molecule has 0 saturated heterocycles. The molecule has 0 radical (unpaired) electrons. The Kier molecular flexibility index (Phi) is 7.22. The van der Waals surface area contributed by atoms with Crippen molar-refractivity contribution in [1.29, 1.82) is 0 Å². The van der Waals surface area contributed by atoms with Gasteiger partial charge in [-0.05, 0) is 43.4 Å². The fourth-order valence-electron chi connectivity index (χ4n) is 2.00. The molecule has 0 fully saturated rings. The summed E-state index contributed by atoms with van der Waals surface area (Å²) in [6, 6.07) is 12.3. The lowest BCUT2D eigenvalue weighted by Gasteiger charge is -2.12. The van der Waals surface area contributed by atoms with Crippen molar-refractivity contribution in [2.45, 2.75) is 18.2 Å². The van der Waals surface area contributed by atoms with Gasteiger partial charge in [0.05, 0.1) is 10.6 Å². The maximum atomic E-state index is 13.5. The van der Waals surface area contributed by atoms with E-state index in [4.69, 9.17) is 12.2 Å². The van der Waals surface area contributed by atoms with Gasteiger partial charge in [0.25, 0.3) is 0 Å². The number of aryl methyl sites for hydroxylation is 1. The van der Waals surface area contributed by atoms with Crippen molar-refractivity contribution in [2.24, 2.45) is 0 Å². The Balaban J connectivity index is 1.74. The number of nitrogens with one attached hydrogen (secondary N) is 4. The van der Waals surface area contributed by atoms with Gasteiger partial charge in [-0.2, -0.15) is 0 Å². The topological polar surface area (TPSA) is 99.3 Å². The zero-order valence-corrected chi connectivity index (χ0v) is 16.1. The van der Waals surface area contributed by atoms with Gasteiger partial charge >= 0.3 is 0 Å². The Labute approximate surface area is 162 Å². The van der Waals surface area contributed by atoms with Crippen LogP contribution in [0.15, 0.2) is 53.4 Å². The third-order valence-electron chi connectivity index (χ3n) is 3.41. The number of anilines is 1. The SMILES string of the molecule is Cc1ccc(S(=O)(=O)NCCC(=O)NNC(=S)Nc2ccccc2F)cc1. The van der Waals surface area contributed by atoms with E-state index in [9.17, 15) is 17.6 Å². The second kappa shape index (κ2) is 9.40. The molecule has 2 aromatic rings. The molecular weight excluding hydrogens is 391 g/mol. The summed E-state index contributed by atoms with van der Waals surface area (Å²) in [4.78, 5) is 11.9. The average molecular weight is 410 g/mol. The summed E-state index contributed by atoms with van der Waals surface area (Å²) in [5, 5.41) is 2.59. The van der Waals surface area contributed by atoms with Crippen molar-refractivity contribution >= 4 is 38.9 Å². The normalized spacial score (nSPS) is 10.9. The summed E-state index contributed by atoms with van der Waals surface area (Å²) in [5.74, 6) is -0.974. The molecule has 27 heavy (non-hydrogen) atoms. The monoisotopic (exact) mass is 410 g/mol. The molecule has 4 N–H and O–H groups in total. The summed E-state index contributed by atoms with van der Waals surface area (Å²) < 4.78 is 40.0. The number of para-hydroxylation sites is 1. The number of amides is 1. The minimum Gasteiger partial charge on any atom is -0.329 e. The molecule has 0 atom stereocenters. The number of benzene rings is 2. The zero-order chi connectivity index (χ0) is 19.9. The summed E-state index contributed by atoms with van der Waals surface area (Å²) in [7, 11) is -3.68. The van der Waals surface area contributed by atoms with E-state index in [0.717, 1.165) is 5.56 Å². The van der Waals surface area contributed by atoms with Crippen LogP contribution >= 0.6 is 12.2 Å². The average Bonchev–Trinajstić information content (AvgIpc) is 2.62. The first-order chi connectivity index (χ1) is 12.8. The number of carbonyl (C=O) groups is 1. The maximum Gasteiger partial charge on any atom is 0.240 e. The largest absolute Gasteiger partial charge is 0.329 e. The molecule has 2 aromatic carbocycles. The number of sulfonamides is 1. The molecule has 0 aromatic heterocycles. The third kappa shape index (κ3) is 6.59. The van der Waals surface area contributed by atoms with E-state index in [-0.39, 0.29) is 28.7 Å². The molecule has 0 aliphatic carbocycles. The number of hydrazine groups is 1. The minimum atomic E-state index is -3.68. The molecule has 1 amide bonds. The minimum absolute atomic E-state index is 0.00585. The van der Waals surface area contributed by atoms with Crippen molar-refractivity contribution in [2.75, 3.05) is 11.9 Å². The molecule has 0 unspecified atom stereocenters. The summed E-state index contributed by atoms with van der Waals surface area (Å²) in [5.41, 5.74) is 5.83. The van der Waals surface area contributed by atoms with Gasteiger partial charge in [0.2, 0.25) is 15.9 Å². The molecule has 0 aliphatic heterocycles. The summed E-state index contributed by atoms with van der Waals surface area (Å²) in [6.45, 7) is 1.77. The molecule has 144 valence electrons. The second-order valence-corrected chi connectivity index (χ2v) is 7.74. The van der Waals surface area contributed by atoms with Crippen LogP contribution in [0.3, 0.4) is 0 Å². The van der Waals surface area contributed by atoms with Gasteiger partial charge in [-0.15, -0.1) is 0 Å². The van der Waals surface area contributed by atoms with Crippen molar-refractivity contribution in [1.82, 2.24) is 15.6 Å². The van der Waals surface area contributed by atoms with Gasteiger partial charge in [-0.25, -0.2) is 17.5 Å². The van der Waals surface area contributed by atoms with Crippen LogP contribution < -0.4 is 20.9 Å². The Bertz CT molecular complexity index is 918. The molecule has 10 heteroatoms. The lowest BCUT2D eigenvalue weighted by molar-refractivity contribution is -0.121. The molecule has 0 heterocycles. The van der Waals surface area contributed by atoms with Crippen molar-refractivity contribution in [3.8, 4) is 0 Å². The number of hydrogen-bond acceptors (Lipinski definition) is 4. The van der Waals surface area contributed by atoms with Crippen molar-refractivity contribution in [3.63, 3.8) is 0 Å². The number of halogens is 1. The molecule has 2 rings (SSSR count). The second-order valence-electron chi connectivity index (χ2n) is 5.57. The maximum absolute atomic E-state index is 13.5. The molecule has 0 bridgehead atoms. The summed E-state index contributed by atoms with van der Waals surface area (Å²) in [6.07, 6.45) is -0.111. The van der Waals surface area contributed by atoms with Crippen LogP contribution in [0.2, 0.25) is 0 Å². The van der Waals surface area contributed by atoms with E-state index in [1.165, 1.54) is 30.3 Å². The van der Waals surface area contributed by atoms with Gasteiger partial charge in [0.15, 0.2) is 5.11 Å². The van der Waals surface area contributed by atoms with Crippen molar-refractivity contribution in [3.05, 3.63) is 59.9 Å². The van der Waals surface area contributed by atoms with Gasteiger partial charge in [0.1, 0.15) is 5.82 Å². The van der Waals surface area contributed by atoms with Crippen LogP contribution in [-0.2, 0) is 14.8 Å². The van der Waals surface area contributed by atoms with E-state index in [1.807, 2.05) is 6.92 Å². The number of rotatable bonds is 6. The van der Waals surface area contributed by atoms with Crippen LogP contribution in [0.5, 0.6) is 0 Å². The lowest BCUT2D eigenvalue weighted by atomic mass is 10.2. The molecule has 0 spiro atoms. The molecule has 0 saturated carbocycles. The highest BCUT2D eigenvalue weighted by atomic mass is 32.2. The smallest absolute Gasteiger partial charge is 0.240 e. The fraction of sp³-hybridized carbons (Fsp3) is 0.176. The predicted octanol–water partition coefficient (Wildman–Crippen LogP) is 1.82. The quantitative estimate of drug-likeness (QED) is 0.428. The Morgan fingerprint density at radius 2 is 1.74 bits per heavy atom. The van der Waals surface area contributed by atoms with E-state index in [1.54, 1.807) is 18.2 Å². The Morgan fingerprint density at radius 3 is 2.41 bits per heavy atom. The standard InChI is InChI=1S/C17H19FN4O3S2/c1-12-6-8-13(9-7-12)27(24,25)19-11-10-16(23)21-22-17(26)20-15-5-3-2-4-14(15)18/h2-9,19H,10-11H2,1H3,(H,21,23)(H2,20,22,26). The zero-order valence-electron chi connectivity index (χ0n) is 14.5. The fourth-order valence-corrected chi connectivity index (χ4v) is 3.20. The van der Waals surface area contributed by atoms with E-state index in [0.29, 0.717) is 0 Å². The number of hydrogen-bond donors (Lipinski definition) is 4. The van der Waals surface area contributed by atoms with Crippen LogP contribution in [0.25, 0.3) is 0 Å². The number of thiocarbonyl (C=S) groups is 1. The number of carbonyl (C=O) groups excluding carboxylic acids is 1. The van der Waals surface area contributed by atoms with Crippen LogP contribution in [0.4, 0.5) is 10.1 Å². The first-order valence-corrected chi connectivity index (χ1v) is 9.84. The highest BCUT2D eigenvalue weighted by Crippen LogP contribution is 2.12. The molecular formula is C17H19FN4O3S2. The highest BCUT2D eigenvalue weighted by Gasteiger charge is 2.14. The van der Waals surface area contributed by atoms with Gasteiger partial charge in [-0.1, -0.05) is 29.8 Å². The van der Waals surface area contributed by atoms with Crippen molar-refractivity contribution < 1.29 is 17.6 Å². The van der Waals surface area contributed by atoms with Crippen LogP contribution in [-0.4, -0.2) is 26.0 Å². The van der Waals surface area contributed by atoms with E-state index < -0.39 is 21.7 Å². The lowest BCUT2D eigenvalue weighted by Crippen LogP contribution is -2.44. The van der Waals surface area contributed by atoms with E-state index >= 15 is 0 Å². The first-order valence-electron chi connectivity index (χ1n) is 7.94. The molecule has 7 nitrogen and oxygen atoms in total. The first kappa shape index (κ1) is 20.7. The molecule has 0 aliphatic rings. The van der Waals surface area contributed by atoms with Crippen LogP contribution in [0.1, 0.15) is 12.0 Å². The van der Waals surface area contributed by atoms with Gasteiger partial charge in [-0.3, -0.25) is 15.6 Å². The van der Waals surface area contributed by atoms with Crippen LogP contribution in [0, 0.1) is 12.7 Å². The van der Waals surface area contributed by atoms with E-state index in [2.05, 4.69) is 20.9 Å². The Morgan fingerprint density at radius 1 is 1.07 bits per heavy atom. The highest BCUT2D eigenvalue weighted by molar-refractivity contribution is 7.89. The predicted molar refractivity (Wildman–Crippen MR) is 105 cm³/mol. The summed E-state index contributed by atoms with van der Waals surface area (Å²) >= 11 is 4.95. The van der Waals surface area contributed by atoms with Gasteiger partial charge in [0, 0.05) is 13.0 Å². The van der Waals surface area contributed by atoms with Gasteiger partial charge < -0.3 is 5.32 Å². The Hall–Kier alpha value is -2.56. The third-order valence-corrected chi connectivity index (χ3v) is 5.09.